The van der Waals surface area contributed by atoms with Gasteiger partial charge in [0.1, 0.15) is 5.75 Å². The summed E-state index contributed by atoms with van der Waals surface area (Å²) in [5.74, 6) is 1.25. The molecule has 2 rings (SSSR count). The highest BCUT2D eigenvalue weighted by Gasteiger charge is 2.26. The van der Waals surface area contributed by atoms with Gasteiger partial charge in [-0.3, -0.25) is 0 Å². The topological polar surface area (TPSA) is 44.5 Å². The largest absolute Gasteiger partial charge is 0.496 e. The van der Waals surface area contributed by atoms with Crippen LogP contribution in [0.4, 0.5) is 0 Å². The monoisotopic (exact) mass is 299 g/mol. The van der Waals surface area contributed by atoms with Crippen LogP contribution in [0.5, 0.6) is 5.75 Å². The molecule has 2 atom stereocenters. The first-order valence-corrected chi connectivity index (χ1v) is 6.60. The first-order valence-electron chi connectivity index (χ1n) is 5.81. The summed E-state index contributed by atoms with van der Waals surface area (Å²) in [5.41, 5.74) is 8.52. The van der Waals surface area contributed by atoms with Crippen LogP contribution in [0.2, 0.25) is 0 Å². The zero-order valence-electron chi connectivity index (χ0n) is 10.2. The average Bonchev–Trinajstić information content (AvgIpc) is 2.84. The zero-order valence-corrected chi connectivity index (χ0v) is 11.8. The summed E-state index contributed by atoms with van der Waals surface area (Å²) in [7, 11) is 1.68. The molecular formula is C13H18BrNO2. The first kappa shape index (κ1) is 12.9. The Morgan fingerprint density at radius 2 is 2.29 bits per heavy atom. The molecule has 17 heavy (non-hydrogen) atoms. The summed E-state index contributed by atoms with van der Waals surface area (Å²) in [6.45, 7) is 3.60. The smallest absolute Gasteiger partial charge is 0.123 e. The Bertz CT molecular complexity index is 403. The number of ether oxygens (including phenoxy) is 2. The minimum atomic E-state index is -0.0238. The third-order valence-corrected chi connectivity index (χ3v) is 4.20. The van der Waals surface area contributed by atoms with Gasteiger partial charge in [-0.15, -0.1) is 0 Å². The number of nitrogens with two attached hydrogens (primary N) is 1. The Balaban J connectivity index is 2.32. The molecule has 1 fully saturated rings. The lowest BCUT2D eigenvalue weighted by Gasteiger charge is -2.21. The van der Waals surface area contributed by atoms with Crippen LogP contribution < -0.4 is 10.5 Å². The molecule has 1 aliphatic rings. The molecule has 94 valence electrons. The van der Waals surface area contributed by atoms with E-state index >= 15 is 0 Å². The maximum absolute atomic E-state index is 6.31. The molecule has 0 amide bonds. The quantitative estimate of drug-likeness (QED) is 0.933. The summed E-state index contributed by atoms with van der Waals surface area (Å²) in [5, 5.41) is 0. The van der Waals surface area contributed by atoms with E-state index in [1.165, 1.54) is 0 Å². The number of methoxy groups -OCH3 is 1. The Hall–Kier alpha value is -0.580. The normalized spacial score (nSPS) is 21.5. The van der Waals surface area contributed by atoms with Crippen LogP contribution in [0.25, 0.3) is 0 Å². The van der Waals surface area contributed by atoms with Crippen molar-refractivity contribution in [1.82, 2.24) is 0 Å². The van der Waals surface area contributed by atoms with Gasteiger partial charge in [-0.1, -0.05) is 15.9 Å². The maximum Gasteiger partial charge on any atom is 0.123 e. The van der Waals surface area contributed by atoms with Crippen molar-refractivity contribution in [3.63, 3.8) is 0 Å². The van der Waals surface area contributed by atoms with Gasteiger partial charge in [0, 0.05) is 28.6 Å². The van der Waals surface area contributed by atoms with Crippen LogP contribution >= 0.6 is 15.9 Å². The van der Waals surface area contributed by atoms with Crippen molar-refractivity contribution in [2.24, 2.45) is 11.7 Å². The third-order valence-electron chi connectivity index (χ3n) is 3.34. The molecule has 1 aromatic rings. The number of hydrogen-bond donors (Lipinski definition) is 1. The number of halogens is 1. The van der Waals surface area contributed by atoms with E-state index in [0.29, 0.717) is 5.92 Å². The molecule has 0 spiro atoms. The predicted octanol–water partition coefficient (Wildman–Crippen LogP) is 2.80. The second-order valence-electron chi connectivity index (χ2n) is 4.49. The first-order chi connectivity index (χ1) is 8.13. The summed E-state index contributed by atoms with van der Waals surface area (Å²) in [4.78, 5) is 0. The van der Waals surface area contributed by atoms with Crippen LogP contribution in [-0.2, 0) is 4.74 Å². The van der Waals surface area contributed by atoms with Gasteiger partial charge in [0.05, 0.1) is 13.7 Å². The second kappa shape index (κ2) is 5.38. The van der Waals surface area contributed by atoms with Crippen molar-refractivity contribution in [2.75, 3.05) is 20.3 Å². The summed E-state index contributed by atoms with van der Waals surface area (Å²) in [6, 6.07) is 4.07. The van der Waals surface area contributed by atoms with E-state index in [2.05, 4.69) is 22.0 Å². The highest BCUT2D eigenvalue weighted by Crippen LogP contribution is 2.35. The Labute approximate surface area is 110 Å². The van der Waals surface area contributed by atoms with Crippen molar-refractivity contribution in [3.8, 4) is 5.75 Å². The van der Waals surface area contributed by atoms with Crippen molar-refractivity contribution < 1.29 is 9.47 Å². The van der Waals surface area contributed by atoms with E-state index < -0.39 is 0 Å². The summed E-state index contributed by atoms with van der Waals surface area (Å²) in [6.07, 6.45) is 1.02. The fourth-order valence-corrected chi connectivity index (χ4v) is 2.56. The molecule has 1 heterocycles. The molecule has 0 bridgehead atoms. The third kappa shape index (κ3) is 2.64. The van der Waals surface area contributed by atoms with Crippen LogP contribution in [0.15, 0.2) is 16.6 Å². The molecule has 4 heteroatoms. The van der Waals surface area contributed by atoms with E-state index in [1.54, 1.807) is 7.11 Å². The van der Waals surface area contributed by atoms with Gasteiger partial charge in [0.25, 0.3) is 0 Å². The molecule has 0 aromatic heterocycles. The van der Waals surface area contributed by atoms with E-state index in [1.807, 2.05) is 13.0 Å². The van der Waals surface area contributed by atoms with Crippen molar-refractivity contribution >= 4 is 15.9 Å². The lowest BCUT2D eigenvalue weighted by atomic mass is 9.92. The van der Waals surface area contributed by atoms with Gasteiger partial charge < -0.3 is 15.2 Å². The van der Waals surface area contributed by atoms with Crippen molar-refractivity contribution in [1.29, 1.82) is 0 Å². The van der Waals surface area contributed by atoms with Crippen LogP contribution in [0, 0.1) is 12.8 Å². The highest BCUT2D eigenvalue weighted by molar-refractivity contribution is 9.10. The molecule has 1 saturated heterocycles. The summed E-state index contributed by atoms with van der Waals surface area (Å²) >= 11 is 3.54. The molecular weight excluding hydrogens is 282 g/mol. The van der Waals surface area contributed by atoms with Gasteiger partial charge in [-0.05, 0) is 31.0 Å². The fraction of sp³-hybridized carbons (Fsp3) is 0.538. The van der Waals surface area contributed by atoms with Crippen molar-refractivity contribution in [3.05, 3.63) is 27.7 Å². The van der Waals surface area contributed by atoms with Gasteiger partial charge in [0.15, 0.2) is 0 Å². The zero-order chi connectivity index (χ0) is 12.4. The van der Waals surface area contributed by atoms with Crippen LogP contribution in [0.3, 0.4) is 0 Å². The molecule has 1 aliphatic heterocycles. The molecule has 2 unspecified atom stereocenters. The fourth-order valence-electron chi connectivity index (χ4n) is 2.20. The van der Waals surface area contributed by atoms with Gasteiger partial charge in [-0.25, -0.2) is 0 Å². The van der Waals surface area contributed by atoms with Crippen molar-refractivity contribution in [2.45, 2.75) is 19.4 Å². The second-order valence-corrected chi connectivity index (χ2v) is 5.35. The Morgan fingerprint density at radius 3 is 2.88 bits per heavy atom. The number of rotatable bonds is 3. The number of hydrogen-bond acceptors (Lipinski definition) is 3. The van der Waals surface area contributed by atoms with E-state index in [0.717, 1.165) is 41.0 Å². The molecule has 0 saturated carbocycles. The molecule has 3 nitrogen and oxygen atoms in total. The standard InChI is InChI=1S/C13H18BrNO2/c1-8-5-12(16-2)10(6-11(8)14)13(15)9-3-4-17-7-9/h5-6,9,13H,3-4,7,15H2,1-2H3. The molecule has 1 aromatic carbocycles. The van der Waals surface area contributed by atoms with Gasteiger partial charge in [0.2, 0.25) is 0 Å². The minimum Gasteiger partial charge on any atom is -0.496 e. The number of benzene rings is 1. The number of aryl methyl sites for hydroxylation is 1. The highest BCUT2D eigenvalue weighted by atomic mass is 79.9. The lowest BCUT2D eigenvalue weighted by molar-refractivity contribution is 0.180. The lowest BCUT2D eigenvalue weighted by Crippen LogP contribution is -2.22. The molecule has 2 N–H and O–H groups in total. The van der Waals surface area contributed by atoms with Gasteiger partial charge in [-0.2, -0.15) is 0 Å². The average molecular weight is 300 g/mol. The Kier molecular flexibility index (Phi) is 4.07. The molecule has 0 radical (unpaired) electrons. The minimum absolute atomic E-state index is 0.0238. The SMILES string of the molecule is COc1cc(C)c(Br)cc1C(N)C1CCOC1. The molecule has 0 aliphatic carbocycles. The van der Waals surface area contributed by atoms with E-state index in [-0.39, 0.29) is 6.04 Å². The van der Waals surface area contributed by atoms with E-state index in [9.17, 15) is 0 Å². The Morgan fingerprint density at radius 1 is 1.53 bits per heavy atom. The van der Waals surface area contributed by atoms with Crippen LogP contribution in [0.1, 0.15) is 23.6 Å². The van der Waals surface area contributed by atoms with Gasteiger partial charge >= 0.3 is 0 Å². The maximum atomic E-state index is 6.31. The summed E-state index contributed by atoms with van der Waals surface area (Å²) < 4.78 is 11.9. The van der Waals surface area contributed by atoms with Crippen LogP contribution in [-0.4, -0.2) is 20.3 Å². The van der Waals surface area contributed by atoms with E-state index in [4.69, 9.17) is 15.2 Å². The predicted molar refractivity (Wildman–Crippen MR) is 71.3 cm³/mol.